The van der Waals surface area contributed by atoms with Crippen LogP contribution in [0.2, 0.25) is 48.4 Å². The van der Waals surface area contributed by atoms with Crippen LogP contribution < -0.4 is 0 Å². The first-order chi connectivity index (χ1) is 8.57. The third-order valence-corrected chi connectivity index (χ3v) is 16.4. The largest absolute Gasteiger partial charge is 0.107 e. The van der Waals surface area contributed by atoms with Gasteiger partial charge in [-0.2, -0.15) is 0 Å². The van der Waals surface area contributed by atoms with E-state index >= 15 is 0 Å². The van der Waals surface area contributed by atoms with Gasteiger partial charge in [0.2, 0.25) is 0 Å². The quantitative estimate of drug-likeness (QED) is 0.378. The van der Waals surface area contributed by atoms with Crippen molar-refractivity contribution in [2.75, 3.05) is 0 Å². The third-order valence-electron chi connectivity index (χ3n) is 5.55. The molecule has 0 N–H and O–H groups in total. The number of hydrogen-bond donors (Lipinski definition) is 0. The van der Waals surface area contributed by atoms with E-state index in [4.69, 9.17) is 0 Å². The van der Waals surface area contributed by atoms with E-state index in [1.165, 1.54) is 48.4 Å². The normalized spacial score (nSPS) is 12.1. The zero-order chi connectivity index (χ0) is 14.1. The van der Waals surface area contributed by atoms with Gasteiger partial charge in [0.1, 0.15) is 0 Å². The minimum atomic E-state index is -1.00. The smallest absolute Gasteiger partial charge is 0.0656 e. The van der Waals surface area contributed by atoms with Gasteiger partial charge in [-0.25, -0.2) is 0 Å². The highest BCUT2D eigenvalue weighted by atomic mass is 28.3. The van der Waals surface area contributed by atoms with E-state index in [9.17, 15) is 0 Å². The molecule has 0 aromatic heterocycles. The van der Waals surface area contributed by atoms with Crippen molar-refractivity contribution in [2.45, 2.75) is 89.9 Å². The van der Waals surface area contributed by atoms with Crippen molar-refractivity contribution >= 4 is 16.1 Å². The Morgan fingerprint density at radius 1 is 0.500 bits per heavy atom. The summed E-state index contributed by atoms with van der Waals surface area (Å²) in [5.74, 6) is 7.17. The van der Waals surface area contributed by atoms with Gasteiger partial charge in [-0.05, 0) is 0 Å². The first-order valence-electron chi connectivity index (χ1n) is 8.03. The van der Waals surface area contributed by atoms with Gasteiger partial charge < -0.3 is 0 Å². The highest BCUT2D eigenvalue weighted by molar-refractivity contribution is 6.81. The first kappa shape index (κ1) is 18.0. The Balaban J connectivity index is 4.51. The van der Waals surface area contributed by atoms with Gasteiger partial charge in [0.15, 0.2) is 0 Å². The van der Waals surface area contributed by atoms with Crippen LogP contribution in [0.1, 0.15) is 41.5 Å². The molecule has 0 saturated carbocycles. The maximum atomic E-state index is 3.58. The summed E-state index contributed by atoms with van der Waals surface area (Å²) in [4.78, 5) is 0. The van der Waals surface area contributed by atoms with Crippen molar-refractivity contribution in [3.63, 3.8) is 0 Å². The Bertz CT molecular complexity index is 222. The molecule has 0 radical (unpaired) electrons. The van der Waals surface area contributed by atoms with E-state index in [1.54, 1.807) is 0 Å². The predicted octanol–water partition coefficient (Wildman–Crippen LogP) is 6.01. The lowest BCUT2D eigenvalue weighted by Crippen LogP contribution is -2.31. The second kappa shape index (κ2) is 8.99. The van der Waals surface area contributed by atoms with Gasteiger partial charge >= 0.3 is 0 Å². The number of rotatable bonds is 8. The summed E-state index contributed by atoms with van der Waals surface area (Å²) >= 11 is 0. The summed E-state index contributed by atoms with van der Waals surface area (Å²) in [5, 5.41) is 0. The molecule has 0 aromatic carbocycles. The molecular weight excluding hydrogens is 248 g/mol. The molecular formula is C16H34Si2. The van der Waals surface area contributed by atoms with Crippen molar-refractivity contribution < 1.29 is 0 Å². The molecule has 0 saturated heterocycles. The molecule has 106 valence electrons. The molecule has 0 bridgehead atoms. The summed E-state index contributed by atoms with van der Waals surface area (Å²) in [7, 11) is -2.01. The molecule has 0 aliphatic heterocycles. The molecule has 0 heterocycles. The zero-order valence-electron chi connectivity index (χ0n) is 13.7. The Labute approximate surface area is 118 Å². The SMILES string of the molecule is CC[Si](CC)(CC)CC#CC[Si](CC)(CC)CC. The average molecular weight is 283 g/mol. The minimum Gasteiger partial charge on any atom is -0.107 e. The fourth-order valence-electron chi connectivity index (χ4n) is 2.75. The van der Waals surface area contributed by atoms with Crippen LogP contribution in [0, 0.1) is 11.8 Å². The molecule has 0 fully saturated rings. The summed E-state index contributed by atoms with van der Waals surface area (Å²) < 4.78 is 0. The Morgan fingerprint density at radius 2 is 0.722 bits per heavy atom. The molecule has 0 nitrogen and oxygen atoms in total. The van der Waals surface area contributed by atoms with E-state index in [-0.39, 0.29) is 0 Å². The Hall–Kier alpha value is -0.00623. The molecule has 2 heteroatoms. The van der Waals surface area contributed by atoms with E-state index in [0.717, 1.165) is 0 Å². The van der Waals surface area contributed by atoms with Crippen LogP contribution in [0.5, 0.6) is 0 Å². The van der Waals surface area contributed by atoms with Crippen LogP contribution in [0.4, 0.5) is 0 Å². The molecule has 0 rings (SSSR count). The molecule has 0 aliphatic carbocycles. The maximum Gasteiger partial charge on any atom is 0.0656 e. The van der Waals surface area contributed by atoms with Crippen molar-refractivity contribution in [1.82, 2.24) is 0 Å². The Morgan fingerprint density at radius 3 is 0.889 bits per heavy atom. The van der Waals surface area contributed by atoms with E-state index in [1.807, 2.05) is 0 Å². The van der Waals surface area contributed by atoms with Crippen LogP contribution in [-0.4, -0.2) is 16.1 Å². The maximum absolute atomic E-state index is 3.58. The summed E-state index contributed by atoms with van der Waals surface area (Å²) in [6, 6.07) is 11.0. The van der Waals surface area contributed by atoms with Crippen LogP contribution in [0.25, 0.3) is 0 Å². The second-order valence-corrected chi connectivity index (χ2v) is 16.8. The lowest BCUT2D eigenvalue weighted by atomic mass is 10.7. The summed E-state index contributed by atoms with van der Waals surface area (Å²) in [6.45, 7) is 14.3. The molecule has 0 spiro atoms. The second-order valence-electron chi connectivity index (χ2n) is 5.83. The molecule has 0 atom stereocenters. The fraction of sp³-hybridized carbons (Fsp3) is 0.875. The Kier molecular flexibility index (Phi) is 8.98. The standard InChI is InChI=1S/C16H34Si2/c1-7-17(8-2,9-3)15-13-14-16-18(10-4,11-5)12-6/h7-12,15-16H2,1-6H3. The molecule has 18 heavy (non-hydrogen) atoms. The van der Waals surface area contributed by atoms with Gasteiger partial charge in [0.05, 0.1) is 16.1 Å². The zero-order valence-corrected chi connectivity index (χ0v) is 15.7. The highest BCUT2D eigenvalue weighted by Crippen LogP contribution is 2.26. The first-order valence-corrected chi connectivity index (χ1v) is 13.7. The van der Waals surface area contributed by atoms with Crippen molar-refractivity contribution in [3.05, 3.63) is 0 Å². The van der Waals surface area contributed by atoms with Crippen LogP contribution >= 0.6 is 0 Å². The van der Waals surface area contributed by atoms with Crippen LogP contribution in [-0.2, 0) is 0 Å². The van der Waals surface area contributed by atoms with Gasteiger partial charge in [0, 0.05) is 12.1 Å². The molecule has 0 aromatic rings. The van der Waals surface area contributed by atoms with Gasteiger partial charge in [-0.15, -0.1) is 11.8 Å². The fourth-order valence-corrected chi connectivity index (χ4v) is 8.25. The van der Waals surface area contributed by atoms with Gasteiger partial charge in [0.25, 0.3) is 0 Å². The van der Waals surface area contributed by atoms with E-state index in [2.05, 4.69) is 53.4 Å². The highest BCUT2D eigenvalue weighted by Gasteiger charge is 2.26. The number of hydrogen-bond acceptors (Lipinski definition) is 0. The summed E-state index contributed by atoms with van der Waals surface area (Å²) in [6.07, 6.45) is 0. The molecule has 0 aliphatic rings. The van der Waals surface area contributed by atoms with Crippen molar-refractivity contribution in [3.8, 4) is 11.8 Å². The van der Waals surface area contributed by atoms with E-state index in [0.29, 0.717) is 0 Å². The van der Waals surface area contributed by atoms with E-state index < -0.39 is 16.1 Å². The topological polar surface area (TPSA) is 0 Å². The van der Waals surface area contributed by atoms with Crippen molar-refractivity contribution in [1.29, 1.82) is 0 Å². The lowest BCUT2D eigenvalue weighted by Gasteiger charge is -2.26. The van der Waals surface area contributed by atoms with Crippen molar-refractivity contribution in [2.24, 2.45) is 0 Å². The van der Waals surface area contributed by atoms with Crippen LogP contribution in [0.15, 0.2) is 0 Å². The lowest BCUT2D eigenvalue weighted by molar-refractivity contribution is 1.14. The molecule has 0 amide bonds. The van der Waals surface area contributed by atoms with Gasteiger partial charge in [-0.1, -0.05) is 77.8 Å². The predicted molar refractivity (Wildman–Crippen MR) is 91.8 cm³/mol. The summed E-state index contributed by atoms with van der Waals surface area (Å²) in [5.41, 5.74) is 0. The third kappa shape index (κ3) is 4.93. The van der Waals surface area contributed by atoms with Gasteiger partial charge in [-0.3, -0.25) is 0 Å². The minimum absolute atomic E-state index is 1.00. The van der Waals surface area contributed by atoms with Crippen LogP contribution in [0.3, 0.4) is 0 Å². The average Bonchev–Trinajstić information content (AvgIpc) is 2.45. The monoisotopic (exact) mass is 282 g/mol. The molecule has 0 unspecified atom stereocenters.